The van der Waals surface area contributed by atoms with E-state index in [1.54, 1.807) is 0 Å². The lowest BCUT2D eigenvalue weighted by molar-refractivity contribution is 0.0954. The van der Waals surface area contributed by atoms with E-state index >= 15 is 0 Å². The molecule has 1 aliphatic heterocycles. The van der Waals surface area contributed by atoms with Gasteiger partial charge in [-0.3, -0.25) is 4.79 Å². The normalized spacial score (nSPS) is 16.5. The Kier molecular flexibility index (Phi) is 5.69. The van der Waals surface area contributed by atoms with Gasteiger partial charge in [0, 0.05) is 17.6 Å². The molecule has 25 heavy (non-hydrogen) atoms. The first-order chi connectivity index (χ1) is 12.0. The second kappa shape index (κ2) is 7.79. The Morgan fingerprint density at radius 1 is 1.24 bits per heavy atom. The van der Waals surface area contributed by atoms with Gasteiger partial charge in [0.2, 0.25) is 0 Å². The van der Waals surface area contributed by atoms with Gasteiger partial charge in [-0.1, -0.05) is 6.92 Å². The van der Waals surface area contributed by atoms with E-state index in [9.17, 15) is 4.79 Å². The fourth-order valence-electron chi connectivity index (χ4n) is 3.56. The van der Waals surface area contributed by atoms with E-state index < -0.39 is 0 Å². The van der Waals surface area contributed by atoms with Gasteiger partial charge >= 0.3 is 0 Å². The van der Waals surface area contributed by atoms with Crippen molar-refractivity contribution < 1.29 is 4.79 Å². The molecule has 0 saturated carbocycles. The van der Waals surface area contributed by atoms with Crippen LogP contribution in [0.1, 0.15) is 52.9 Å². The van der Waals surface area contributed by atoms with Crippen molar-refractivity contribution in [2.24, 2.45) is 5.92 Å². The Morgan fingerprint density at radius 2 is 1.96 bits per heavy atom. The number of aryl methyl sites for hydroxylation is 3. The number of carbonyl (C=O) groups excluding carboxylic acids is 1. The monoisotopic (exact) mass is 360 g/mol. The second-order valence-corrected chi connectivity index (χ2v) is 8.23. The van der Waals surface area contributed by atoms with Crippen molar-refractivity contribution in [3.05, 3.63) is 22.0 Å². The van der Waals surface area contributed by atoms with Crippen molar-refractivity contribution in [3.8, 4) is 0 Å². The topological polar surface area (TPSA) is 58.1 Å². The molecule has 3 heterocycles. The molecule has 0 radical (unpaired) electrons. The maximum Gasteiger partial charge on any atom is 0.261 e. The zero-order valence-corrected chi connectivity index (χ0v) is 16.5. The van der Waals surface area contributed by atoms with E-state index in [0.717, 1.165) is 57.6 Å². The number of nitrogens with zero attached hydrogens (tertiary/aromatic N) is 3. The van der Waals surface area contributed by atoms with Gasteiger partial charge in [-0.2, -0.15) is 0 Å². The highest BCUT2D eigenvalue weighted by Crippen LogP contribution is 2.31. The summed E-state index contributed by atoms with van der Waals surface area (Å²) in [5, 5.41) is 4.11. The Labute approximate surface area is 153 Å². The van der Waals surface area contributed by atoms with Crippen molar-refractivity contribution >= 4 is 27.5 Å². The number of carbonyl (C=O) groups is 1. The fraction of sp³-hybridized carbons (Fsp3) is 0.632. The molecule has 1 amide bonds. The van der Waals surface area contributed by atoms with Crippen LogP contribution in [0, 0.1) is 26.7 Å². The standard InChI is InChI=1S/C19H28N4OS/c1-12-6-10-23(11-7-12)9-5-8-20-18(24)17-13(2)16-14(3)21-15(4)22-19(16)25-17/h12H,5-11H2,1-4H3,(H,20,24). The largest absolute Gasteiger partial charge is 0.351 e. The Balaban J connectivity index is 1.56. The summed E-state index contributed by atoms with van der Waals surface area (Å²) in [6.45, 7) is 12.4. The molecule has 2 aromatic rings. The fourth-order valence-corrected chi connectivity index (χ4v) is 4.75. The number of amides is 1. The molecule has 2 aromatic heterocycles. The molecule has 5 nitrogen and oxygen atoms in total. The Hall–Kier alpha value is -1.53. The minimum absolute atomic E-state index is 0.0184. The zero-order valence-electron chi connectivity index (χ0n) is 15.7. The predicted molar refractivity (Wildman–Crippen MR) is 103 cm³/mol. The number of fused-ring (bicyclic) bond motifs is 1. The molecule has 0 bridgehead atoms. The Bertz CT molecular complexity index is 762. The lowest BCUT2D eigenvalue weighted by atomic mass is 9.99. The molecule has 0 unspecified atom stereocenters. The lowest BCUT2D eigenvalue weighted by Crippen LogP contribution is -2.35. The number of hydrogen-bond donors (Lipinski definition) is 1. The van der Waals surface area contributed by atoms with E-state index in [1.807, 2.05) is 20.8 Å². The van der Waals surface area contributed by atoms with E-state index in [4.69, 9.17) is 0 Å². The van der Waals surface area contributed by atoms with E-state index in [2.05, 4.69) is 27.1 Å². The second-order valence-electron chi connectivity index (χ2n) is 7.23. The van der Waals surface area contributed by atoms with Gasteiger partial charge in [0.25, 0.3) is 5.91 Å². The third-order valence-electron chi connectivity index (χ3n) is 5.10. The van der Waals surface area contributed by atoms with Gasteiger partial charge < -0.3 is 10.2 Å². The van der Waals surface area contributed by atoms with Crippen molar-refractivity contribution in [1.82, 2.24) is 20.2 Å². The maximum atomic E-state index is 12.6. The molecular formula is C19H28N4OS. The average Bonchev–Trinajstić information content (AvgIpc) is 2.90. The molecule has 1 saturated heterocycles. The molecule has 1 fully saturated rings. The first-order valence-electron chi connectivity index (χ1n) is 9.20. The third kappa shape index (κ3) is 4.18. The molecule has 1 aliphatic rings. The van der Waals surface area contributed by atoms with Crippen LogP contribution in [0.3, 0.4) is 0 Å². The number of thiophene rings is 1. The molecule has 0 spiro atoms. The summed E-state index contributed by atoms with van der Waals surface area (Å²) in [6, 6.07) is 0. The average molecular weight is 361 g/mol. The highest BCUT2D eigenvalue weighted by molar-refractivity contribution is 7.20. The molecule has 6 heteroatoms. The van der Waals surface area contributed by atoms with Gasteiger partial charge in [-0.05, 0) is 71.1 Å². The highest BCUT2D eigenvalue weighted by Gasteiger charge is 2.19. The Morgan fingerprint density at radius 3 is 2.68 bits per heavy atom. The minimum Gasteiger partial charge on any atom is -0.351 e. The SMILES string of the molecule is Cc1nc(C)c2c(C)c(C(=O)NCCCN3CCC(C)CC3)sc2n1. The predicted octanol–water partition coefficient (Wildman–Crippen LogP) is 3.47. The van der Waals surface area contributed by atoms with E-state index in [0.29, 0.717) is 0 Å². The highest BCUT2D eigenvalue weighted by atomic mass is 32.1. The van der Waals surface area contributed by atoms with Crippen LogP contribution < -0.4 is 5.32 Å². The number of aromatic nitrogens is 2. The van der Waals surface area contributed by atoms with Crippen LogP contribution >= 0.6 is 11.3 Å². The summed E-state index contributed by atoms with van der Waals surface area (Å²) in [7, 11) is 0. The van der Waals surface area contributed by atoms with Gasteiger partial charge in [0.05, 0.1) is 4.88 Å². The molecule has 136 valence electrons. The number of nitrogens with one attached hydrogen (secondary N) is 1. The summed E-state index contributed by atoms with van der Waals surface area (Å²) in [5.74, 6) is 1.64. The van der Waals surface area contributed by atoms with Crippen LogP contribution in [0.4, 0.5) is 0 Å². The number of piperidine rings is 1. The minimum atomic E-state index is 0.0184. The third-order valence-corrected chi connectivity index (χ3v) is 6.29. The van der Waals surface area contributed by atoms with Crippen LogP contribution in [0.15, 0.2) is 0 Å². The molecular weight excluding hydrogens is 332 g/mol. The van der Waals surface area contributed by atoms with Crippen LogP contribution in [0.5, 0.6) is 0 Å². The molecule has 0 atom stereocenters. The van der Waals surface area contributed by atoms with Gasteiger partial charge in [0.15, 0.2) is 0 Å². The number of rotatable bonds is 5. The van der Waals surface area contributed by atoms with Crippen molar-refractivity contribution in [3.63, 3.8) is 0 Å². The first kappa shape index (κ1) is 18.3. The first-order valence-corrected chi connectivity index (χ1v) is 10.0. The molecule has 0 aliphatic carbocycles. The zero-order chi connectivity index (χ0) is 18.0. The van der Waals surface area contributed by atoms with Gasteiger partial charge in [-0.25, -0.2) is 9.97 Å². The molecule has 1 N–H and O–H groups in total. The summed E-state index contributed by atoms with van der Waals surface area (Å²) >= 11 is 1.47. The number of likely N-dealkylation sites (tertiary alicyclic amines) is 1. The van der Waals surface area contributed by atoms with E-state index in [-0.39, 0.29) is 5.91 Å². The number of hydrogen-bond acceptors (Lipinski definition) is 5. The van der Waals surface area contributed by atoms with Crippen LogP contribution in [0.25, 0.3) is 10.2 Å². The van der Waals surface area contributed by atoms with Gasteiger partial charge in [-0.15, -0.1) is 11.3 Å². The quantitative estimate of drug-likeness (QED) is 0.830. The molecule has 0 aromatic carbocycles. The molecule has 3 rings (SSSR count). The smallest absolute Gasteiger partial charge is 0.261 e. The van der Waals surface area contributed by atoms with Crippen molar-refractivity contribution in [2.45, 2.75) is 47.0 Å². The summed E-state index contributed by atoms with van der Waals surface area (Å²) < 4.78 is 0. The van der Waals surface area contributed by atoms with Crippen LogP contribution in [0.2, 0.25) is 0 Å². The van der Waals surface area contributed by atoms with Crippen LogP contribution in [-0.4, -0.2) is 47.0 Å². The lowest BCUT2D eigenvalue weighted by Gasteiger charge is -2.30. The van der Waals surface area contributed by atoms with E-state index in [1.165, 1.54) is 37.3 Å². The van der Waals surface area contributed by atoms with Crippen LogP contribution in [-0.2, 0) is 0 Å². The van der Waals surface area contributed by atoms with Gasteiger partial charge in [0.1, 0.15) is 10.7 Å². The summed E-state index contributed by atoms with van der Waals surface area (Å²) in [5.41, 5.74) is 1.95. The summed E-state index contributed by atoms with van der Waals surface area (Å²) in [6.07, 6.45) is 3.60. The van der Waals surface area contributed by atoms with Crippen molar-refractivity contribution in [1.29, 1.82) is 0 Å². The summed E-state index contributed by atoms with van der Waals surface area (Å²) in [4.78, 5) is 25.7. The maximum absolute atomic E-state index is 12.6. The van der Waals surface area contributed by atoms with Crippen molar-refractivity contribution in [2.75, 3.05) is 26.2 Å².